The monoisotopic (exact) mass is 514 g/mol. The lowest BCUT2D eigenvalue weighted by molar-refractivity contribution is 0.295. The zero-order valence-corrected chi connectivity index (χ0v) is 22.9. The predicted molar refractivity (Wildman–Crippen MR) is 151 cm³/mol. The van der Waals surface area contributed by atoms with Crippen LogP contribution in [0.25, 0.3) is 11.1 Å². The Balaban J connectivity index is 1.67. The van der Waals surface area contributed by atoms with E-state index in [0.29, 0.717) is 29.1 Å². The summed E-state index contributed by atoms with van der Waals surface area (Å²) in [6.07, 6.45) is 1.57. The van der Waals surface area contributed by atoms with Gasteiger partial charge >= 0.3 is 7.82 Å². The van der Waals surface area contributed by atoms with Crippen LogP contribution in [-0.4, -0.2) is 0 Å². The van der Waals surface area contributed by atoms with Crippen molar-refractivity contribution in [1.82, 2.24) is 0 Å². The number of phosphoric ester groups is 1. The Morgan fingerprint density at radius 2 is 0.973 bits per heavy atom. The number of phosphoric acid groups is 1. The van der Waals surface area contributed by atoms with Crippen molar-refractivity contribution in [3.8, 4) is 28.4 Å². The van der Waals surface area contributed by atoms with E-state index in [1.165, 1.54) is 0 Å². The molecule has 0 fully saturated rings. The van der Waals surface area contributed by atoms with Gasteiger partial charge in [0.2, 0.25) is 0 Å². The molecule has 0 aliphatic carbocycles. The van der Waals surface area contributed by atoms with E-state index in [1.54, 1.807) is 12.1 Å². The second-order valence-corrected chi connectivity index (χ2v) is 11.5. The Bertz CT molecular complexity index is 1270. The van der Waals surface area contributed by atoms with Crippen LogP contribution in [0.3, 0.4) is 0 Å². The van der Waals surface area contributed by atoms with Crippen molar-refractivity contribution < 1.29 is 18.1 Å². The van der Waals surface area contributed by atoms with Gasteiger partial charge in [-0.2, -0.15) is 4.57 Å². The maximum absolute atomic E-state index is 14.3. The molecular formula is C32H35O4P. The molecule has 0 N–H and O–H groups in total. The van der Waals surface area contributed by atoms with E-state index >= 15 is 0 Å². The molecule has 0 aromatic heterocycles. The van der Waals surface area contributed by atoms with Crippen molar-refractivity contribution in [3.05, 3.63) is 114 Å². The number of benzene rings is 4. The van der Waals surface area contributed by atoms with E-state index < -0.39 is 7.82 Å². The van der Waals surface area contributed by atoms with Crippen LogP contribution in [-0.2, 0) is 17.4 Å². The van der Waals surface area contributed by atoms with Crippen LogP contribution in [0.1, 0.15) is 38.8 Å². The van der Waals surface area contributed by atoms with Gasteiger partial charge < -0.3 is 13.6 Å². The van der Waals surface area contributed by atoms with Gasteiger partial charge in [-0.1, -0.05) is 107 Å². The summed E-state index contributed by atoms with van der Waals surface area (Å²) in [6, 6.07) is 32.8. The largest absolute Gasteiger partial charge is 0.647 e. The standard InChI is InChI=1S/C32H35O4P/c1-24(2)22-28-14-8-10-16-31(28)35-37(33,36-32-17-11-9-15-29(32)23-25(3)4)34-30-20-18-27(19-21-30)26-12-6-5-7-13-26/h5-21,24-25H,22-23H2,1-4H3. The molecule has 0 bridgehead atoms. The second kappa shape index (κ2) is 12.2. The molecule has 5 heteroatoms. The highest BCUT2D eigenvalue weighted by Crippen LogP contribution is 2.51. The highest BCUT2D eigenvalue weighted by atomic mass is 31.2. The van der Waals surface area contributed by atoms with E-state index in [9.17, 15) is 4.57 Å². The molecule has 0 radical (unpaired) electrons. The lowest BCUT2D eigenvalue weighted by Gasteiger charge is -2.22. The fraction of sp³-hybridized carbons (Fsp3) is 0.250. The summed E-state index contributed by atoms with van der Waals surface area (Å²) in [5, 5.41) is 0. The number of rotatable bonds is 11. The third-order valence-corrected chi connectivity index (χ3v) is 7.08. The van der Waals surface area contributed by atoms with E-state index in [-0.39, 0.29) is 0 Å². The molecule has 4 nitrogen and oxygen atoms in total. The summed E-state index contributed by atoms with van der Waals surface area (Å²) in [5.74, 6) is 2.22. The van der Waals surface area contributed by atoms with Crippen LogP contribution < -0.4 is 13.6 Å². The van der Waals surface area contributed by atoms with Crippen molar-refractivity contribution in [1.29, 1.82) is 0 Å². The summed E-state index contributed by atoms with van der Waals surface area (Å²) < 4.78 is 32.6. The van der Waals surface area contributed by atoms with Gasteiger partial charge in [0.15, 0.2) is 0 Å². The number of hydrogen-bond acceptors (Lipinski definition) is 4. The first kappa shape index (κ1) is 26.6. The van der Waals surface area contributed by atoms with Gasteiger partial charge in [0.1, 0.15) is 17.2 Å². The van der Waals surface area contributed by atoms with E-state index in [1.807, 2.05) is 91.0 Å². The van der Waals surface area contributed by atoms with Gasteiger partial charge in [-0.3, -0.25) is 0 Å². The van der Waals surface area contributed by atoms with Crippen molar-refractivity contribution in [2.45, 2.75) is 40.5 Å². The normalized spacial score (nSPS) is 11.5. The topological polar surface area (TPSA) is 44.8 Å². The van der Waals surface area contributed by atoms with Crippen LogP contribution in [0.5, 0.6) is 17.2 Å². The van der Waals surface area contributed by atoms with Crippen molar-refractivity contribution in [3.63, 3.8) is 0 Å². The highest BCUT2D eigenvalue weighted by molar-refractivity contribution is 7.49. The first-order valence-electron chi connectivity index (χ1n) is 12.8. The first-order valence-corrected chi connectivity index (χ1v) is 14.3. The minimum atomic E-state index is -4.11. The fourth-order valence-electron chi connectivity index (χ4n) is 4.17. The van der Waals surface area contributed by atoms with Crippen LogP contribution >= 0.6 is 7.82 Å². The Kier molecular flexibility index (Phi) is 8.74. The molecule has 4 aromatic rings. The molecule has 0 unspecified atom stereocenters. The van der Waals surface area contributed by atoms with Crippen LogP contribution in [0.15, 0.2) is 103 Å². The molecule has 4 rings (SSSR count). The molecule has 0 amide bonds. The molecule has 0 saturated carbocycles. The molecule has 0 aliphatic rings. The summed E-state index contributed by atoms with van der Waals surface area (Å²) in [6.45, 7) is 8.55. The Morgan fingerprint density at radius 1 is 0.541 bits per heavy atom. The van der Waals surface area contributed by atoms with Gasteiger partial charge in [0.05, 0.1) is 0 Å². The minimum absolute atomic E-state index is 0.406. The fourth-order valence-corrected chi connectivity index (χ4v) is 5.50. The zero-order chi connectivity index (χ0) is 26.3. The highest BCUT2D eigenvalue weighted by Gasteiger charge is 2.35. The third-order valence-electron chi connectivity index (χ3n) is 5.80. The molecule has 37 heavy (non-hydrogen) atoms. The summed E-state index contributed by atoms with van der Waals surface area (Å²) >= 11 is 0. The molecular weight excluding hydrogens is 479 g/mol. The van der Waals surface area contributed by atoms with Gasteiger partial charge in [-0.15, -0.1) is 0 Å². The van der Waals surface area contributed by atoms with Gasteiger partial charge in [-0.05, 0) is 71.2 Å². The third kappa shape index (κ3) is 7.50. The lowest BCUT2D eigenvalue weighted by Crippen LogP contribution is -2.10. The SMILES string of the molecule is CC(C)Cc1ccccc1OP(=O)(Oc1ccc(-c2ccccc2)cc1)Oc1ccccc1CC(C)C. The van der Waals surface area contributed by atoms with Crippen molar-refractivity contribution >= 4 is 7.82 Å². The van der Waals surface area contributed by atoms with E-state index in [4.69, 9.17) is 13.6 Å². The molecule has 4 aromatic carbocycles. The van der Waals surface area contributed by atoms with E-state index in [0.717, 1.165) is 35.1 Å². The minimum Gasteiger partial charge on any atom is -0.386 e. The summed E-state index contributed by atoms with van der Waals surface area (Å²) in [7, 11) is -4.11. The zero-order valence-electron chi connectivity index (χ0n) is 22.0. The van der Waals surface area contributed by atoms with Crippen LogP contribution in [0.2, 0.25) is 0 Å². The van der Waals surface area contributed by atoms with Crippen molar-refractivity contribution in [2.75, 3.05) is 0 Å². The first-order chi connectivity index (χ1) is 17.8. The smallest absolute Gasteiger partial charge is 0.386 e. The molecule has 0 saturated heterocycles. The maximum Gasteiger partial charge on any atom is 0.647 e. The molecule has 192 valence electrons. The molecule has 0 aliphatic heterocycles. The average Bonchev–Trinajstić information content (AvgIpc) is 2.87. The maximum atomic E-state index is 14.3. The lowest BCUT2D eigenvalue weighted by atomic mass is 10.0. The second-order valence-electron chi connectivity index (χ2n) is 10.0. The summed E-state index contributed by atoms with van der Waals surface area (Å²) in [4.78, 5) is 0. The van der Waals surface area contributed by atoms with Gasteiger partial charge in [0.25, 0.3) is 0 Å². The van der Waals surface area contributed by atoms with Gasteiger partial charge in [-0.25, -0.2) is 0 Å². The van der Waals surface area contributed by atoms with E-state index in [2.05, 4.69) is 27.7 Å². The quantitative estimate of drug-likeness (QED) is 0.187. The van der Waals surface area contributed by atoms with Crippen molar-refractivity contribution in [2.24, 2.45) is 11.8 Å². The Morgan fingerprint density at radius 3 is 1.46 bits per heavy atom. The summed E-state index contributed by atoms with van der Waals surface area (Å²) in [5.41, 5.74) is 4.05. The molecule has 0 spiro atoms. The van der Waals surface area contributed by atoms with Crippen LogP contribution in [0, 0.1) is 11.8 Å². The predicted octanol–water partition coefficient (Wildman–Crippen LogP) is 9.40. The average molecular weight is 515 g/mol. The Labute approximate surface area is 220 Å². The number of para-hydroxylation sites is 2. The Hall–Kier alpha value is -3.49. The number of hydrogen-bond donors (Lipinski definition) is 0. The van der Waals surface area contributed by atoms with Gasteiger partial charge in [0, 0.05) is 0 Å². The molecule has 0 heterocycles. The molecule has 0 atom stereocenters. The van der Waals surface area contributed by atoms with Crippen LogP contribution in [0.4, 0.5) is 0 Å².